The second kappa shape index (κ2) is 8.83. The summed E-state index contributed by atoms with van der Waals surface area (Å²) >= 11 is 0. The Kier molecular flexibility index (Phi) is 7.34. The first-order chi connectivity index (χ1) is 11.1. The monoisotopic (exact) mass is 380 g/mol. The molecule has 0 aliphatic carbocycles. The fourth-order valence-electron chi connectivity index (χ4n) is 2.36. The molecular formula is C18H14KO3PS. The van der Waals surface area contributed by atoms with Gasteiger partial charge >= 0.3 is 51.4 Å². The van der Waals surface area contributed by atoms with Crippen LogP contribution in [0.15, 0.2) is 89.8 Å². The van der Waals surface area contributed by atoms with Gasteiger partial charge in [0.2, 0.25) is 0 Å². The zero-order chi connectivity index (χ0) is 16.3. The van der Waals surface area contributed by atoms with Crippen LogP contribution in [0.5, 0.6) is 0 Å². The van der Waals surface area contributed by atoms with E-state index in [1.54, 1.807) is 12.1 Å². The molecule has 3 rings (SSSR count). The maximum Gasteiger partial charge on any atom is 1.00 e. The minimum Gasteiger partial charge on any atom is -0.744 e. The van der Waals surface area contributed by atoms with Crippen molar-refractivity contribution in [2.75, 3.05) is 0 Å². The molecule has 6 heteroatoms. The molecule has 0 N–H and O–H groups in total. The van der Waals surface area contributed by atoms with E-state index in [2.05, 4.69) is 24.3 Å². The molecule has 0 amide bonds. The molecule has 24 heavy (non-hydrogen) atoms. The van der Waals surface area contributed by atoms with Crippen LogP contribution in [0.4, 0.5) is 0 Å². The molecule has 0 atom stereocenters. The van der Waals surface area contributed by atoms with Gasteiger partial charge in [-0.3, -0.25) is 0 Å². The van der Waals surface area contributed by atoms with Crippen LogP contribution in [0, 0.1) is 0 Å². The van der Waals surface area contributed by atoms with E-state index in [0.29, 0.717) is 0 Å². The third-order valence-corrected chi connectivity index (χ3v) is 6.71. The first-order valence-electron chi connectivity index (χ1n) is 7.02. The van der Waals surface area contributed by atoms with Crippen molar-refractivity contribution < 1.29 is 64.4 Å². The maximum absolute atomic E-state index is 11.1. The molecule has 0 heterocycles. The zero-order valence-corrected chi connectivity index (χ0v) is 18.0. The summed E-state index contributed by atoms with van der Waals surface area (Å²) in [4.78, 5) is -0.197. The molecule has 3 aromatic rings. The van der Waals surface area contributed by atoms with E-state index in [1.165, 1.54) is 22.7 Å². The number of benzene rings is 3. The molecule has 0 saturated heterocycles. The summed E-state index contributed by atoms with van der Waals surface area (Å²) in [5.41, 5.74) is 0. The fourth-order valence-corrected chi connectivity index (χ4v) is 5.11. The van der Waals surface area contributed by atoms with Crippen LogP contribution in [0.2, 0.25) is 0 Å². The second-order valence-corrected chi connectivity index (χ2v) is 8.55. The smallest absolute Gasteiger partial charge is 0.744 e. The second-order valence-electron chi connectivity index (χ2n) is 4.95. The van der Waals surface area contributed by atoms with Crippen molar-refractivity contribution in [3.05, 3.63) is 84.9 Å². The first-order valence-corrected chi connectivity index (χ1v) is 9.77. The molecule has 0 aliphatic heterocycles. The molecule has 3 nitrogen and oxygen atoms in total. The van der Waals surface area contributed by atoms with Crippen molar-refractivity contribution in [2.45, 2.75) is 4.90 Å². The van der Waals surface area contributed by atoms with Crippen LogP contribution in [0.1, 0.15) is 0 Å². The van der Waals surface area contributed by atoms with Crippen molar-refractivity contribution in [3.8, 4) is 0 Å². The van der Waals surface area contributed by atoms with Crippen molar-refractivity contribution in [2.24, 2.45) is 0 Å². The molecular weight excluding hydrogens is 366 g/mol. The Morgan fingerprint density at radius 2 is 1.00 bits per heavy atom. The first kappa shape index (κ1) is 20.0. The van der Waals surface area contributed by atoms with E-state index in [4.69, 9.17) is 0 Å². The van der Waals surface area contributed by atoms with E-state index >= 15 is 0 Å². The molecule has 0 aromatic heterocycles. The van der Waals surface area contributed by atoms with Gasteiger partial charge in [-0.2, -0.15) is 0 Å². The van der Waals surface area contributed by atoms with Gasteiger partial charge < -0.3 is 4.55 Å². The van der Waals surface area contributed by atoms with Crippen LogP contribution in [-0.2, 0) is 10.1 Å². The Bertz CT molecular complexity index is 843. The van der Waals surface area contributed by atoms with Gasteiger partial charge in [-0.1, -0.05) is 72.8 Å². The number of rotatable bonds is 4. The largest absolute Gasteiger partial charge is 1.00 e. The third-order valence-electron chi connectivity index (χ3n) is 3.41. The average Bonchev–Trinajstić information content (AvgIpc) is 2.57. The SMILES string of the molecule is O=S(=O)([O-])c1ccc(P(c2ccccc2)c2ccccc2)cc1.[K+]. The van der Waals surface area contributed by atoms with E-state index in [0.717, 1.165) is 5.30 Å². The number of hydrogen-bond donors (Lipinski definition) is 0. The summed E-state index contributed by atoms with van der Waals surface area (Å²) in [6.07, 6.45) is 0. The Morgan fingerprint density at radius 3 is 1.38 bits per heavy atom. The van der Waals surface area contributed by atoms with E-state index in [-0.39, 0.29) is 56.3 Å². The summed E-state index contributed by atoms with van der Waals surface area (Å²) < 4.78 is 33.3. The standard InChI is InChI=1S/C18H15O3PS.K/c19-23(20,21)18-13-11-17(12-14-18)22(15-7-3-1-4-8-15)16-9-5-2-6-10-16;/h1-14H,(H,19,20,21);/q;+1/p-1. The van der Waals surface area contributed by atoms with Gasteiger partial charge in [0.05, 0.1) is 4.90 Å². The Hall–Kier alpha value is -0.364. The summed E-state index contributed by atoms with van der Waals surface area (Å²) in [6, 6.07) is 26.4. The van der Waals surface area contributed by atoms with Crippen LogP contribution in [-0.4, -0.2) is 13.0 Å². The van der Waals surface area contributed by atoms with Gasteiger partial charge in [0.1, 0.15) is 10.1 Å². The maximum atomic E-state index is 11.1. The van der Waals surface area contributed by atoms with Gasteiger partial charge in [-0.15, -0.1) is 0 Å². The molecule has 0 fully saturated rings. The Balaban J connectivity index is 0.00000208. The molecule has 0 spiro atoms. The van der Waals surface area contributed by atoms with Crippen LogP contribution in [0.25, 0.3) is 0 Å². The van der Waals surface area contributed by atoms with Crippen LogP contribution >= 0.6 is 7.92 Å². The van der Waals surface area contributed by atoms with Gasteiger partial charge in [-0.25, -0.2) is 8.42 Å². The molecule has 116 valence electrons. The van der Waals surface area contributed by atoms with Gasteiger partial charge in [0, 0.05) is 0 Å². The Labute approximate surface area is 186 Å². The molecule has 0 saturated carbocycles. The average molecular weight is 380 g/mol. The van der Waals surface area contributed by atoms with Crippen molar-refractivity contribution in [1.82, 2.24) is 0 Å². The third kappa shape index (κ3) is 4.84. The predicted octanol–water partition coefficient (Wildman–Crippen LogP) is -0.647. The van der Waals surface area contributed by atoms with Crippen molar-refractivity contribution >= 4 is 34.0 Å². The van der Waals surface area contributed by atoms with Crippen molar-refractivity contribution in [3.63, 3.8) is 0 Å². The van der Waals surface area contributed by atoms with E-state index in [9.17, 15) is 13.0 Å². The minimum absolute atomic E-state index is 0. The quantitative estimate of drug-likeness (QED) is 0.344. The normalized spacial score (nSPS) is 11.1. The minimum atomic E-state index is -4.42. The van der Waals surface area contributed by atoms with E-state index < -0.39 is 18.0 Å². The van der Waals surface area contributed by atoms with E-state index in [1.807, 2.05) is 36.4 Å². The Morgan fingerprint density at radius 1 is 0.625 bits per heavy atom. The van der Waals surface area contributed by atoms with Crippen LogP contribution < -0.4 is 67.3 Å². The van der Waals surface area contributed by atoms with Crippen LogP contribution in [0.3, 0.4) is 0 Å². The predicted molar refractivity (Wildman–Crippen MR) is 93.1 cm³/mol. The fraction of sp³-hybridized carbons (Fsp3) is 0. The molecule has 0 radical (unpaired) electrons. The number of hydrogen-bond acceptors (Lipinski definition) is 3. The molecule has 0 aliphatic rings. The summed E-state index contributed by atoms with van der Waals surface area (Å²) in [5.74, 6) is 0. The van der Waals surface area contributed by atoms with Crippen molar-refractivity contribution in [1.29, 1.82) is 0 Å². The molecule has 3 aromatic carbocycles. The van der Waals surface area contributed by atoms with Gasteiger partial charge in [0.15, 0.2) is 0 Å². The summed E-state index contributed by atoms with van der Waals surface area (Å²) in [6.45, 7) is 0. The summed E-state index contributed by atoms with van der Waals surface area (Å²) in [5, 5.41) is 3.35. The summed E-state index contributed by atoms with van der Waals surface area (Å²) in [7, 11) is -5.21. The topological polar surface area (TPSA) is 57.2 Å². The van der Waals surface area contributed by atoms with Gasteiger partial charge in [0.25, 0.3) is 0 Å². The molecule has 0 unspecified atom stereocenters. The zero-order valence-electron chi connectivity index (χ0n) is 13.2. The molecule has 0 bridgehead atoms. The van der Waals surface area contributed by atoms with Gasteiger partial charge in [-0.05, 0) is 36.0 Å².